The number of nitrogens with two attached hydrogens (primary N) is 1. The zero-order valence-corrected chi connectivity index (χ0v) is 10.3. The predicted octanol–water partition coefficient (Wildman–Crippen LogP) is 2.38. The van der Waals surface area contributed by atoms with Crippen LogP contribution in [0.4, 0.5) is 0 Å². The molecule has 0 aromatic carbocycles. The van der Waals surface area contributed by atoms with Gasteiger partial charge in [0.2, 0.25) is 0 Å². The summed E-state index contributed by atoms with van der Waals surface area (Å²) < 4.78 is 0. The molecule has 2 aliphatic rings. The second-order valence-corrected chi connectivity index (χ2v) is 5.60. The van der Waals surface area contributed by atoms with Gasteiger partial charge in [0.25, 0.3) is 0 Å². The summed E-state index contributed by atoms with van der Waals surface area (Å²) in [4.78, 5) is 2.58. The molecule has 2 aliphatic carbocycles. The monoisotopic (exact) mass is 210 g/mol. The molecule has 0 heterocycles. The average Bonchev–Trinajstić information content (AvgIpc) is 3.04. The van der Waals surface area contributed by atoms with Gasteiger partial charge >= 0.3 is 0 Å². The molecule has 3 unspecified atom stereocenters. The van der Waals surface area contributed by atoms with Crippen LogP contribution in [0, 0.1) is 5.92 Å². The lowest BCUT2D eigenvalue weighted by Gasteiger charge is -2.39. The van der Waals surface area contributed by atoms with Crippen LogP contribution < -0.4 is 5.73 Å². The molecule has 0 bridgehead atoms. The van der Waals surface area contributed by atoms with Gasteiger partial charge in [-0.1, -0.05) is 19.8 Å². The van der Waals surface area contributed by atoms with E-state index in [2.05, 4.69) is 18.9 Å². The minimum absolute atomic E-state index is 0.434. The van der Waals surface area contributed by atoms with Crippen LogP contribution in [-0.4, -0.2) is 30.1 Å². The Morgan fingerprint density at radius 3 is 2.53 bits per heavy atom. The SMILES string of the molecule is CCCC1CCC(N)C(N(C)C2CC2)C1. The maximum absolute atomic E-state index is 6.26. The fraction of sp³-hybridized carbons (Fsp3) is 1.00. The first kappa shape index (κ1) is 11.4. The maximum atomic E-state index is 6.26. The highest BCUT2D eigenvalue weighted by molar-refractivity contribution is 4.94. The number of likely N-dealkylation sites (N-methyl/N-ethyl adjacent to an activating group) is 1. The molecular formula is C13H26N2. The molecule has 0 saturated heterocycles. The molecule has 2 fully saturated rings. The summed E-state index contributed by atoms with van der Waals surface area (Å²) in [6.45, 7) is 2.30. The molecular weight excluding hydrogens is 184 g/mol. The van der Waals surface area contributed by atoms with E-state index < -0.39 is 0 Å². The Bertz CT molecular complexity index is 201. The predicted molar refractivity (Wildman–Crippen MR) is 64.8 cm³/mol. The molecule has 0 aliphatic heterocycles. The van der Waals surface area contributed by atoms with Gasteiger partial charge in [0, 0.05) is 18.1 Å². The highest BCUT2D eigenvalue weighted by Gasteiger charge is 2.36. The molecule has 2 saturated carbocycles. The molecule has 0 radical (unpaired) electrons. The van der Waals surface area contributed by atoms with Gasteiger partial charge in [-0.05, 0) is 45.1 Å². The van der Waals surface area contributed by atoms with E-state index in [1.165, 1.54) is 44.9 Å². The van der Waals surface area contributed by atoms with Crippen molar-refractivity contribution in [1.82, 2.24) is 4.90 Å². The van der Waals surface area contributed by atoms with E-state index in [9.17, 15) is 0 Å². The molecule has 0 aromatic rings. The van der Waals surface area contributed by atoms with Crippen molar-refractivity contribution < 1.29 is 0 Å². The van der Waals surface area contributed by atoms with E-state index in [-0.39, 0.29) is 0 Å². The zero-order chi connectivity index (χ0) is 10.8. The van der Waals surface area contributed by atoms with E-state index in [4.69, 9.17) is 5.73 Å². The smallest absolute Gasteiger partial charge is 0.0249 e. The van der Waals surface area contributed by atoms with E-state index >= 15 is 0 Å². The highest BCUT2D eigenvalue weighted by Crippen LogP contribution is 2.35. The van der Waals surface area contributed by atoms with E-state index in [0.717, 1.165) is 12.0 Å². The Morgan fingerprint density at radius 2 is 1.93 bits per heavy atom. The summed E-state index contributed by atoms with van der Waals surface area (Å²) >= 11 is 0. The number of hydrogen-bond acceptors (Lipinski definition) is 2. The molecule has 2 heteroatoms. The van der Waals surface area contributed by atoms with Crippen LogP contribution in [0.1, 0.15) is 51.9 Å². The van der Waals surface area contributed by atoms with E-state index in [1.807, 2.05) is 0 Å². The Labute approximate surface area is 94.2 Å². The maximum Gasteiger partial charge on any atom is 0.0249 e. The molecule has 0 amide bonds. The first-order valence-corrected chi connectivity index (χ1v) is 6.70. The van der Waals surface area contributed by atoms with Gasteiger partial charge in [0.05, 0.1) is 0 Å². The van der Waals surface area contributed by atoms with Gasteiger partial charge < -0.3 is 5.73 Å². The van der Waals surface area contributed by atoms with Gasteiger partial charge in [-0.3, -0.25) is 4.90 Å². The first-order valence-electron chi connectivity index (χ1n) is 6.70. The molecule has 2 N–H and O–H groups in total. The summed E-state index contributed by atoms with van der Waals surface area (Å²) in [5.41, 5.74) is 6.26. The van der Waals surface area contributed by atoms with Crippen molar-refractivity contribution in [1.29, 1.82) is 0 Å². The molecule has 88 valence electrons. The van der Waals surface area contributed by atoms with Gasteiger partial charge in [-0.2, -0.15) is 0 Å². The van der Waals surface area contributed by atoms with Crippen molar-refractivity contribution in [3.63, 3.8) is 0 Å². The fourth-order valence-corrected chi connectivity index (χ4v) is 3.15. The van der Waals surface area contributed by atoms with E-state index in [0.29, 0.717) is 12.1 Å². The Morgan fingerprint density at radius 1 is 1.20 bits per heavy atom. The lowest BCUT2D eigenvalue weighted by atomic mass is 9.80. The number of hydrogen-bond donors (Lipinski definition) is 1. The second kappa shape index (κ2) is 4.84. The average molecular weight is 210 g/mol. The Hall–Kier alpha value is -0.0800. The molecule has 15 heavy (non-hydrogen) atoms. The third kappa shape index (κ3) is 2.73. The van der Waals surface area contributed by atoms with E-state index in [1.54, 1.807) is 0 Å². The summed E-state index contributed by atoms with van der Waals surface area (Å²) in [5.74, 6) is 0.945. The largest absolute Gasteiger partial charge is 0.326 e. The Balaban J connectivity index is 1.89. The van der Waals surface area contributed by atoms with Crippen molar-refractivity contribution in [3.8, 4) is 0 Å². The van der Waals surface area contributed by atoms with Crippen LogP contribution in [-0.2, 0) is 0 Å². The van der Waals surface area contributed by atoms with Crippen LogP contribution in [0.5, 0.6) is 0 Å². The zero-order valence-electron chi connectivity index (χ0n) is 10.3. The van der Waals surface area contributed by atoms with Crippen LogP contribution in [0.3, 0.4) is 0 Å². The van der Waals surface area contributed by atoms with Gasteiger partial charge in [-0.25, -0.2) is 0 Å². The summed E-state index contributed by atoms with van der Waals surface area (Å²) in [7, 11) is 2.29. The Kier molecular flexibility index (Phi) is 3.68. The number of rotatable bonds is 4. The normalized spacial score (nSPS) is 37.2. The molecule has 0 aromatic heterocycles. The van der Waals surface area contributed by atoms with Crippen LogP contribution in [0.2, 0.25) is 0 Å². The van der Waals surface area contributed by atoms with Gasteiger partial charge in [0.15, 0.2) is 0 Å². The second-order valence-electron chi connectivity index (χ2n) is 5.60. The van der Waals surface area contributed by atoms with Crippen molar-refractivity contribution in [2.45, 2.75) is 70.0 Å². The van der Waals surface area contributed by atoms with Crippen molar-refractivity contribution in [3.05, 3.63) is 0 Å². The lowest BCUT2D eigenvalue weighted by molar-refractivity contribution is 0.126. The van der Waals surface area contributed by atoms with Gasteiger partial charge in [-0.15, -0.1) is 0 Å². The molecule has 2 rings (SSSR count). The molecule has 0 spiro atoms. The lowest BCUT2D eigenvalue weighted by Crippen LogP contribution is -2.50. The fourth-order valence-electron chi connectivity index (χ4n) is 3.15. The highest BCUT2D eigenvalue weighted by atomic mass is 15.2. The van der Waals surface area contributed by atoms with Gasteiger partial charge in [0.1, 0.15) is 0 Å². The summed E-state index contributed by atoms with van der Waals surface area (Å²) in [6.07, 6.45) is 9.50. The molecule has 2 nitrogen and oxygen atoms in total. The van der Waals surface area contributed by atoms with Crippen molar-refractivity contribution in [2.75, 3.05) is 7.05 Å². The minimum Gasteiger partial charge on any atom is -0.326 e. The minimum atomic E-state index is 0.434. The van der Waals surface area contributed by atoms with Crippen LogP contribution >= 0.6 is 0 Å². The van der Waals surface area contributed by atoms with Crippen molar-refractivity contribution >= 4 is 0 Å². The summed E-state index contributed by atoms with van der Waals surface area (Å²) in [6, 6.07) is 1.97. The van der Waals surface area contributed by atoms with Crippen LogP contribution in [0.15, 0.2) is 0 Å². The summed E-state index contributed by atoms with van der Waals surface area (Å²) in [5, 5.41) is 0. The third-order valence-corrected chi connectivity index (χ3v) is 4.32. The third-order valence-electron chi connectivity index (χ3n) is 4.32. The molecule has 3 atom stereocenters. The number of nitrogens with zero attached hydrogens (tertiary/aromatic N) is 1. The topological polar surface area (TPSA) is 29.3 Å². The first-order chi connectivity index (χ1) is 7.22. The quantitative estimate of drug-likeness (QED) is 0.772. The van der Waals surface area contributed by atoms with Crippen molar-refractivity contribution in [2.24, 2.45) is 11.7 Å². The van der Waals surface area contributed by atoms with Crippen LogP contribution in [0.25, 0.3) is 0 Å². The standard InChI is InChI=1S/C13H26N2/c1-3-4-10-5-8-12(14)13(9-10)15(2)11-6-7-11/h10-13H,3-9,14H2,1-2H3.